The van der Waals surface area contributed by atoms with Gasteiger partial charge in [0, 0.05) is 0 Å². The molecular weight excluding hydrogens is 216 g/mol. The minimum absolute atomic E-state index is 0.120. The molecule has 0 radical (unpaired) electrons. The standard InChI is InChI=1S/C10H11F2NOSi/c1-15(2,3)14-8-5-4-7(6-13)9(11)10(8)12/h4-5H,1-3H3. The zero-order valence-electron chi connectivity index (χ0n) is 8.77. The maximum Gasteiger partial charge on any atom is 0.242 e. The van der Waals surface area contributed by atoms with Gasteiger partial charge in [-0.1, -0.05) is 0 Å². The van der Waals surface area contributed by atoms with Crippen LogP contribution >= 0.6 is 0 Å². The van der Waals surface area contributed by atoms with E-state index in [-0.39, 0.29) is 11.3 Å². The Kier molecular flexibility index (Phi) is 3.10. The smallest absolute Gasteiger partial charge is 0.242 e. The van der Waals surface area contributed by atoms with E-state index in [2.05, 4.69) is 0 Å². The van der Waals surface area contributed by atoms with E-state index in [4.69, 9.17) is 9.69 Å². The molecule has 0 atom stereocenters. The molecule has 0 aliphatic carbocycles. The van der Waals surface area contributed by atoms with Crippen molar-refractivity contribution in [2.24, 2.45) is 0 Å². The van der Waals surface area contributed by atoms with E-state index >= 15 is 0 Å². The highest BCUT2D eigenvalue weighted by Gasteiger charge is 2.21. The molecule has 0 saturated carbocycles. The lowest BCUT2D eigenvalue weighted by atomic mass is 10.2. The maximum atomic E-state index is 13.4. The Morgan fingerprint density at radius 3 is 2.27 bits per heavy atom. The van der Waals surface area contributed by atoms with Gasteiger partial charge in [0.05, 0.1) is 5.56 Å². The summed E-state index contributed by atoms with van der Waals surface area (Å²) in [7, 11) is -1.97. The van der Waals surface area contributed by atoms with Crippen molar-refractivity contribution in [2.75, 3.05) is 0 Å². The molecule has 1 rings (SSSR count). The first-order valence-corrected chi connectivity index (χ1v) is 7.83. The van der Waals surface area contributed by atoms with Crippen molar-refractivity contribution < 1.29 is 13.2 Å². The van der Waals surface area contributed by atoms with E-state index in [1.807, 2.05) is 19.6 Å². The molecule has 0 amide bonds. The van der Waals surface area contributed by atoms with E-state index in [0.29, 0.717) is 0 Å². The monoisotopic (exact) mass is 227 g/mol. The summed E-state index contributed by atoms with van der Waals surface area (Å²) in [6, 6.07) is 4.07. The molecule has 0 spiro atoms. The largest absolute Gasteiger partial charge is 0.542 e. The van der Waals surface area contributed by atoms with Crippen LogP contribution in [0.5, 0.6) is 5.75 Å². The van der Waals surface area contributed by atoms with Crippen LogP contribution in [0.1, 0.15) is 5.56 Å². The van der Waals surface area contributed by atoms with E-state index in [1.165, 1.54) is 12.1 Å². The van der Waals surface area contributed by atoms with Crippen molar-refractivity contribution in [1.29, 1.82) is 5.26 Å². The summed E-state index contributed by atoms with van der Waals surface area (Å²) in [4.78, 5) is 0. The van der Waals surface area contributed by atoms with E-state index in [1.54, 1.807) is 6.07 Å². The second-order valence-corrected chi connectivity index (χ2v) is 8.49. The minimum atomic E-state index is -1.97. The number of hydrogen-bond donors (Lipinski definition) is 0. The van der Waals surface area contributed by atoms with Crippen LogP contribution in [0, 0.1) is 23.0 Å². The van der Waals surface area contributed by atoms with E-state index in [0.717, 1.165) is 0 Å². The fourth-order valence-electron chi connectivity index (χ4n) is 1.03. The molecular formula is C10H11F2NOSi. The molecule has 0 unspecified atom stereocenters. The normalized spacial score (nSPS) is 10.9. The van der Waals surface area contributed by atoms with Crippen molar-refractivity contribution in [3.63, 3.8) is 0 Å². The van der Waals surface area contributed by atoms with Crippen LogP contribution in [-0.2, 0) is 0 Å². The zero-order valence-corrected chi connectivity index (χ0v) is 9.77. The van der Waals surface area contributed by atoms with Gasteiger partial charge in [-0.25, -0.2) is 4.39 Å². The summed E-state index contributed by atoms with van der Waals surface area (Å²) in [6.45, 7) is 5.59. The molecule has 0 aromatic heterocycles. The third-order valence-electron chi connectivity index (χ3n) is 1.58. The summed E-state index contributed by atoms with van der Waals surface area (Å²) >= 11 is 0. The van der Waals surface area contributed by atoms with Gasteiger partial charge in [0.25, 0.3) is 0 Å². The molecule has 0 N–H and O–H groups in total. The Labute approximate surface area is 88.2 Å². The first kappa shape index (κ1) is 11.7. The fraction of sp³-hybridized carbons (Fsp3) is 0.300. The van der Waals surface area contributed by atoms with Crippen LogP contribution in [0.3, 0.4) is 0 Å². The van der Waals surface area contributed by atoms with Gasteiger partial charge in [-0.3, -0.25) is 0 Å². The van der Waals surface area contributed by atoms with Gasteiger partial charge in [0.15, 0.2) is 5.82 Å². The average molecular weight is 227 g/mol. The number of rotatable bonds is 2. The van der Waals surface area contributed by atoms with E-state index < -0.39 is 20.0 Å². The fourth-order valence-corrected chi connectivity index (χ4v) is 1.84. The molecule has 0 heterocycles. The van der Waals surface area contributed by atoms with Crippen LogP contribution in [0.15, 0.2) is 12.1 Å². The summed E-state index contributed by atoms with van der Waals surface area (Å²) < 4.78 is 31.9. The topological polar surface area (TPSA) is 33.0 Å². The number of nitriles is 1. The first-order chi connectivity index (χ1) is 6.85. The Morgan fingerprint density at radius 2 is 1.80 bits per heavy atom. The molecule has 0 fully saturated rings. The summed E-state index contributed by atoms with van der Waals surface area (Å²) in [5.74, 6) is -2.35. The van der Waals surface area contributed by atoms with Gasteiger partial charge < -0.3 is 4.43 Å². The van der Waals surface area contributed by atoms with Crippen molar-refractivity contribution in [3.05, 3.63) is 29.3 Å². The molecule has 0 aliphatic rings. The minimum Gasteiger partial charge on any atom is -0.542 e. The van der Waals surface area contributed by atoms with Gasteiger partial charge in [-0.05, 0) is 31.8 Å². The Balaban J connectivity index is 3.14. The van der Waals surface area contributed by atoms with Gasteiger partial charge in [0.2, 0.25) is 14.1 Å². The van der Waals surface area contributed by atoms with Crippen molar-refractivity contribution in [1.82, 2.24) is 0 Å². The average Bonchev–Trinajstić information content (AvgIpc) is 2.11. The number of nitrogens with zero attached hydrogens (tertiary/aromatic N) is 1. The Bertz CT molecular complexity index is 421. The number of hydrogen-bond acceptors (Lipinski definition) is 2. The lowest BCUT2D eigenvalue weighted by molar-refractivity contribution is 0.449. The number of benzene rings is 1. The maximum absolute atomic E-state index is 13.4. The van der Waals surface area contributed by atoms with E-state index in [9.17, 15) is 8.78 Å². The highest BCUT2D eigenvalue weighted by molar-refractivity contribution is 6.70. The second kappa shape index (κ2) is 3.99. The third-order valence-corrected chi connectivity index (χ3v) is 2.42. The first-order valence-electron chi connectivity index (χ1n) is 4.42. The molecule has 0 aliphatic heterocycles. The molecule has 0 bridgehead atoms. The molecule has 5 heteroatoms. The second-order valence-electron chi connectivity index (χ2n) is 4.07. The molecule has 80 valence electrons. The Morgan fingerprint density at radius 1 is 1.20 bits per heavy atom. The predicted molar refractivity (Wildman–Crippen MR) is 55.0 cm³/mol. The van der Waals surface area contributed by atoms with Gasteiger partial charge in [-0.15, -0.1) is 0 Å². The van der Waals surface area contributed by atoms with Crippen LogP contribution in [0.4, 0.5) is 8.78 Å². The molecule has 1 aromatic rings. The van der Waals surface area contributed by atoms with Crippen LogP contribution in [0.2, 0.25) is 19.6 Å². The van der Waals surface area contributed by atoms with Gasteiger partial charge in [0.1, 0.15) is 11.8 Å². The van der Waals surface area contributed by atoms with Crippen molar-refractivity contribution in [2.45, 2.75) is 19.6 Å². The lowest BCUT2D eigenvalue weighted by Gasteiger charge is -2.19. The molecule has 2 nitrogen and oxygen atoms in total. The Hall–Kier alpha value is -1.41. The van der Waals surface area contributed by atoms with Crippen molar-refractivity contribution >= 4 is 8.32 Å². The zero-order chi connectivity index (χ0) is 11.6. The molecule has 15 heavy (non-hydrogen) atoms. The highest BCUT2D eigenvalue weighted by Crippen LogP contribution is 2.24. The summed E-state index contributed by atoms with van der Waals surface area (Å²) in [6.07, 6.45) is 0. The highest BCUT2D eigenvalue weighted by atomic mass is 28.4. The van der Waals surface area contributed by atoms with Gasteiger partial charge >= 0.3 is 0 Å². The molecule has 0 saturated heterocycles. The quantitative estimate of drug-likeness (QED) is 0.727. The van der Waals surface area contributed by atoms with Gasteiger partial charge in [-0.2, -0.15) is 9.65 Å². The summed E-state index contributed by atoms with van der Waals surface area (Å²) in [5, 5.41) is 8.48. The van der Waals surface area contributed by atoms with Crippen LogP contribution < -0.4 is 4.43 Å². The third kappa shape index (κ3) is 2.77. The number of halogens is 2. The van der Waals surface area contributed by atoms with Crippen LogP contribution in [-0.4, -0.2) is 8.32 Å². The SMILES string of the molecule is C[Si](C)(C)Oc1ccc(C#N)c(F)c1F. The molecule has 1 aromatic carbocycles. The predicted octanol–water partition coefficient (Wildman–Crippen LogP) is 3.05. The lowest BCUT2D eigenvalue weighted by Crippen LogP contribution is -2.29. The van der Waals surface area contributed by atoms with Crippen molar-refractivity contribution in [3.8, 4) is 11.8 Å². The van der Waals surface area contributed by atoms with Crippen LogP contribution in [0.25, 0.3) is 0 Å². The summed E-state index contributed by atoms with van der Waals surface area (Å²) in [5.41, 5.74) is -0.310.